The number of aryl methyl sites for hydroxylation is 1. The van der Waals surface area contributed by atoms with Crippen LogP contribution in [0.5, 0.6) is 0 Å². The second-order valence-corrected chi connectivity index (χ2v) is 5.05. The molecule has 2 aromatic heterocycles. The molecule has 0 saturated heterocycles. The molecular formula is C12H11ClO2S. The molecule has 0 amide bonds. The number of thiophene rings is 1. The predicted molar refractivity (Wildman–Crippen MR) is 65.4 cm³/mol. The highest BCUT2D eigenvalue weighted by Gasteiger charge is 2.12. The standard InChI is InChI=1S/C12H11ClO2S/c1-2-8-3-4-9(16-8)7-10(14)11-5-6-12(13)15-11/h3-6H,2,7H2,1H3. The van der Waals surface area contributed by atoms with Gasteiger partial charge in [-0.05, 0) is 42.3 Å². The second-order valence-electron chi connectivity index (χ2n) is 3.43. The summed E-state index contributed by atoms with van der Waals surface area (Å²) in [6, 6.07) is 7.24. The van der Waals surface area contributed by atoms with Crippen molar-refractivity contribution in [1.82, 2.24) is 0 Å². The molecule has 0 aliphatic heterocycles. The van der Waals surface area contributed by atoms with Crippen LogP contribution in [0, 0.1) is 0 Å². The third-order valence-corrected chi connectivity index (χ3v) is 3.68. The van der Waals surface area contributed by atoms with Crippen molar-refractivity contribution in [1.29, 1.82) is 0 Å². The van der Waals surface area contributed by atoms with Gasteiger partial charge in [-0.25, -0.2) is 0 Å². The topological polar surface area (TPSA) is 30.2 Å². The van der Waals surface area contributed by atoms with Crippen LogP contribution in [-0.2, 0) is 12.8 Å². The molecule has 2 nitrogen and oxygen atoms in total. The Morgan fingerprint density at radius 1 is 1.31 bits per heavy atom. The molecule has 0 aliphatic rings. The van der Waals surface area contributed by atoms with Gasteiger partial charge in [-0.3, -0.25) is 4.79 Å². The van der Waals surface area contributed by atoms with E-state index in [0.29, 0.717) is 12.2 Å². The van der Waals surface area contributed by atoms with Gasteiger partial charge in [0.05, 0.1) is 0 Å². The normalized spacial score (nSPS) is 10.6. The van der Waals surface area contributed by atoms with Gasteiger partial charge in [0.15, 0.2) is 11.0 Å². The number of carbonyl (C=O) groups excluding carboxylic acids is 1. The summed E-state index contributed by atoms with van der Waals surface area (Å²) < 4.78 is 5.07. The summed E-state index contributed by atoms with van der Waals surface area (Å²) in [7, 11) is 0. The van der Waals surface area contributed by atoms with Crippen LogP contribution in [0.1, 0.15) is 27.2 Å². The summed E-state index contributed by atoms with van der Waals surface area (Å²) in [5.41, 5.74) is 0. The van der Waals surface area contributed by atoms with Crippen LogP contribution in [0.2, 0.25) is 5.22 Å². The molecule has 4 heteroatoms. The Morgan fingerprint density at radius 2 is 2.06 bits per heavy atom. The highest BCUT2D eigenvalue weighted by molar-refractivity contribution is 7.12. The zero-order chi connectivity index (χ0) is 11.5. The van der Waals surface area contributed by atoms with Crippen LogP contribution in [-0.4, -0.2) is 5.78 Å². The molecule has 2 heterocycles. The highest BCUT2D eigenvalue weighted by atomic mass is 35.5. The summed E-state index contributed by atoms with van der Waals surface area (Å²) in [6.07, 6.45) is 1.39. The minimum Gasteiger partial charge on any atom is -0.442 e. The van der Waals surface area contributed by atoms with Gasteiger partial charge in [0.1, 0.15) is 0 Å². The number of hydrogen-bond donors (Lipinski definition) is 0. The Morgan fingerprint density at radius 3 is 2.62 bits per heavy atom. The van der Waals surface area contributed by atoms with Crippen molar-refractivity contribution >= 4 is 28.7 Å². The van der Waals surface area contributed by atoms with Crippen molar-refractivity contribution in [3.63, 3.8) is 0 Å². The molecule has 0 fully saturated rings. The molecule has 0 bridgehead atoms. The molecule has 0 aromatic carbocycles. The van der Waals surface area contributed by atoms with E-state index in [1.165, 1.54) is 4.88 Å². The minimum atomic E-state index is -0.0311. The molecule has 0 saturated carbocycles. The molecule has 0 unspecified atom stereocenters. The summed E-state index contributed by atoms with van der Waals surface area (Å²) >= 11 is 7.28. The van der Waals surface area contributed by atoms with Crippen LogP contribution >= 0.6 is 22.9 Å². The van der Waals surface area contributed by atoms with Crippen LogP contribution in [0.15, 0.2) is 28.7 Å². The molecule has 16 heavy (non-hydrogen) atoms. The zero-order valence-electron chi connectivity index (χ0n) is 8.83. The first-order chi connectivity index (χ1) is 7.69. The first-order valence-corrected chi connectivity index (χ1v) is 6.24. The van der Waals surface area contributed by atoms with E-state index in [1.54, 1.807) is 23.5 Å². The van der Waals surface area contributed by atoms with E-state index in [0.717, 1.165) is 11.3 Å². The van der Waals surface area contributed by atoms with Crippen LogP contribution in [0.25, 0.3) is 0 Å². The summed E-state index contributed by atoms with van der Waals surface area (Å²) in [4.78, 5) is 14.1. The lowest BCUT2D eigenvalue weighted by atomic mass is 10.2. The Kier molecular flexibility index (Phi) is 3.46. The van der Waals surface area contributed by atoms with Gasteiger partial charge >= 0.3 is 0 Å². The van der Waals surface area contributed by atoms with Gasteiger partial charge in [-0.15, -0.1) is 11.3 Å². The fraction of sp³-hybridized carbons (Fsp3) is 0.250. The maximum Gasteiger partial charge on any atom is 0.203 e. The lowest BCUT2D eigenvalue weighted by Crippen LogP contribution is -1.99. The number of Topliss-reactive ketones (excluding diaryl/α,β-unsaturated/α-hetero) is 1. The van der Waals surface area contributed by atoms with E-state index in [4.69, 9.17) is 16.0 Å². The molecule has 84 valence electrons. The minimum absolute atomic E-state index is 0.0311. The van der Waals surface area contributed by atoms with Gasteiger partial charge < -0.3 is 4.42 Å². The quantitative estimate of drug-likeness (QED) is 0.773. The number of hydrogen-bond acceptors (Lipinski definition) is 3. The Labute approximate surface area is 103 Å². The first kappa shape index (κ1) is 11.4. The van der Waals surface area contributed by atoms with Gasteiger partial charge in [0.25, 0.3) is 0 Å². The van der Waals surface area contributed by atoms with Crippen molar-refractivity contribution in [3.05, 3.63) is 45.0 Å². The molecule has 0 radical (unpaired) electrons. The average Bonchev–Trinajstić information content (AvgIpc) is 2.87. The summed E-state index contributed by atoms with van der Waals surface area (Å²) in [5, 5.41) is 0.253. The van der Waals surface area contributed by atoms with Crippen LogP contribution < -0.4 is 0 Å². The van der Waals surface area contributed by atoms with Gasteiger partial charge in [-0.1, -0.05) is 6.92 Å². The van der Waals surface area contributed by atoms with E-state index >= 15 is 0 Å². The molecule has 2 rings (SSSR count). The van der Waals surface area contributed by atoms with Gasteiger partial charge in [0, 0.05) is 16.2 Å². The zero-order valence-corrected chi connectivity index (χ0v) is 10.4. The van der Waals surface area contributed by atoms with E-state index in [9.17, 15) is 4.79 Å². The maximum atomic E-state index is 11.8. The van der Waals surface area contributed by atoms with E-state index in [-0.39, 0.29) is 11.0 Å². The van der Waals surface area contributed by atoms with Crippen molar-refractivity contribution in [3.8, 4) is 0 Å². The smallest absolute Gasteiger partial charge is 0.203 e. The van der Waals surface area contributed by atoms with Crippen LogP contribution in [0.4, 0.5) is 0 Å². The predicted octanol–water partition coefficient (Wildman–Crippen LogP) is 3.98. The number of ketones is 1. The Hall–Kier alpha value is -1.06. The summed E-state index contributed by atoms with van der Waals surface area (Å²) in [5.74, 6) is 0.299. The molecule has 0 spiro atoms. The summed E-state index contributed by atoms with van der Waals surface area (Å²) in [6.45, 7) is 2.10. The average molecular weight is 255 g/mol. The lowest BCUT2D eigenvalue weighted by molar-refractivity contribution is 0.0967. The highest BCUT2D eigenvalue weighted by Crippen LogP contribution is 2.20. The Balaban J connectivity index is 2.07. The number of carbonyl (C=O) groups is 1. The Bertz CT molecular complexity index is 499. The lowest BCUT2D eigenvalue weighted by Gasteiger charge is -1.94. The number of rotatable bonds is 4. The molecule has 0 N–H and O–H groups in total. The first-order valence-electron chi connectivity index (χ1n) is 5.05. The fourth-order valence-corrected chi connectivity index (χ4v) is 2.52. The molecule has 0 atom stereocenters. The third-order valence-electron chi connectivity index (χ3n) is 2.25. The van der Waals surface area contributed by atoms with Crippen molar-refractivity contribution in [2.45, 2.75) is 19.8 Å². The molecular weight excluding hydrogens is 244 g/mol. The van der Waals surface area contributed by atoms with Crippen molar-refractivity contribution in [2.24, 2.45) is 0 Å². The van der Waals surface area contributed by atoms with Gasteiger partial charge in [0.2, 0.25) is 5.78 Å². The van der Waals surface area contributed by atoms with E-state index < -0.39 is 0 Å². The SMILES string of the molecule is CCc1ccc(CC(=O)c2ccc(Cl)o2)s1. The van der Waals surface area contributed by atoms with Crippen molar-refractivity contribution in [2.75, 3.05) is 0 Å². The van der Waals surface area contributed by atoms with Gasteiger partial charge in [-0.2, -0.15) is 0 Å². The van der Waals surface area contributed by atoms with E-state index in [1.807, 2.05) is 6.07 Å². The van der Waals surface area contributed by atoms with Crippen LogP contribution in [0.3, 0.4) is 0 Å². The number of halogens is 1. The third kappa shape index (κ3) is 2.54. The van der Waals surface area contributed by atoms with Crippen molar-refractivity contribution < 1.29 is 9.21 Å². The molecule has 2 aromatic rings. The maximum absolute atomic E-state index is 11.8. The van der Waals surface area contributed by atoms with E-state index in [2.05, 4.69) is 13.0 Å². The monoisotopic (exact) mass is 254 g/mol. The second kappa shape index (κ2) is 4.85. The molecule has 0 aliphatic carbocycles. The number of furan rings is 1. The largest absolute Gasteiger partial charge is 0.442 e. The fourth-order valence-electron chi connectivity index (χ4n) is 1.42.